The molecule has 0 radical (unpaired) electrons. The molecule has 0 saturated carbocycles. The first kappa shape index (κ1) is 22.7. The number of nitrogens with one attached hydrogen (secondary N) is 1. The highest BCUT2D eigenvalue weighted by molar-refractivity contribution is 7.94. The van der Waals surface area contributed by atoms with E-state index >= 15 is 0 Å². The second-order valence-electron chi connectivity index (χ2n) is 7.48. The van der Waals surface area contributed by atoms with Crippen molar-refractivity contribution >= 4 is 33.0 Å². The quantitative estimate of drug-likeness (QED) is 0.398. The summed E-state index contributed by atoms with van der Waals surface area (Å²) in [6.45, 7) is 0. The molecule has 0 aliphatic rings. The Balaban J connectivity index is 1.49. The van der Waals surface area contributed by atoms with Crippen LogP contribution in [0.2, 0.25) is 0 Å². The molecule has 168 valence electrons. The number of aromatic nitrogens is 1. The highest BCUT2D eigenvalue weighted by atomic mass is 32.2. The fourth-order valence-electron chi connectivity index (χ4n) is 3.52. The van der Waals surface area contributed by atoms with Gasteiger partial charge in [-0.3, -0.25) is 14.5 Å². The van der Waals surface area contributed by atoms with Crippen LogP contribution >= 0.6 is 11.3 Å². The van der Waals surface area contributed by atoms with Crippen molar-refractivity contribution in [1.29, 1.82) is 0 Å². The number of hydrogen-bond donors (Lipinski definition) is 1. The predicted molar refractivity (Wildman–Crippen MR) is 131 cm³/mol. The van der Waals surface area contributed by atoms with Crippen molar-refractivity contribution in [2.45, 2.75) is 16.7 Å². The van der Waals surface area contributed by atoms with Crippen LogP contribution in [-0.2, 0) is 21.2 Å². The summed E-state index contributed by atoms with van der Waals surface area (Å²) in [7, 11) is -1.83. The van der Waals surface area contributed by atoms with E-state index in [4.69, 9.17) is 0 Å². The summed E-state index contributed by atoms with van der Waals surface area (Å²) in [5.41, 5.74) is 3.01. The first-order valence-corrected chi connectivity index (χ1v) is 12.7. The number of carbonyl (C=O) groups excluding carboxylic acids is 1. The molecular weight excluding hydrogens is 454 g/mol. The Bertz CT molecular complexity index is 1250. The minimum Gasteiger partial charge on any atom is -0.333 e. The van der Waals surface area contributed by atoms with Gasteiger partial charge in [-0.25, -0.2) is 8.42 Å². The van der Waals surface area contributed by atoms with Crippen molar-refractivity contribution in [1.82, 2.24) is 9.88 Å². The lowest BCUT2D eigenvalue weighted by molar-refractivity contribution is -0.130. The Labute approximate surface area is 197 Å². The Morgan fingerprint density at radius 1 is 0.970 bits per heavy atom. The van der Waals surface area contributed by atoms with Crippen LogP contribution in [0.5, 0.6) is 0 Å². The van der Waals surface area contributed by atoms with Crippen LogP contribution in [-0.4, -0.2) is 31.3 Å². The Morgan fingerprint density at radius 2 is 1.70 bits per heavy atom. The molecule has 33 heavy (non-hydrogen) atoms. The summed E-state index contributed by atoms with van der Waals surface area (Å²) in [5.74, 6) is -0.0681. The van der Waals surface area contributed by atoms with Crippen LogP contribution in [0.4, 0.5) is 5.69 Å². The third kappa shape index (κ3) is 5.47. The van der Waals surface area contributed by atoms with Gasteiger partial charge in [0.2, 0.25) is 5.91 Å². The van der Waals surface area contributed by atoms with E-state index in [1.807, 2.05) is 48.5 Å². The number of carbonyl (C=O) groups is 1. The van der Waals surface area contributed by atoms with Crippen LogP contribution < -0.4 is 4.72 Å². The molecule has 6 nitrogen and oxygen atoms in total. The fraction of sp³-hybridized carbons (Fsp3) is 0.120. The summed E-state index contributed by atoms with van der Waals surface area (Å²) in [6.07, 6.45) is 1.91. The molecule has 0 fully saturated rings. The van der Waals surface area contributed by atoms with Gasteiger partial charge in [0.1, 0.15) is 4.21 Å². The van der Waals surface area contributed by atoms with Gasteiger partial charge in [0.25, 0.3) is 10.0 Å². The zero-order valence-electron chi connectivity index (χ0n) is 18.0. The lowest BCUT2D eigenvalue weighted by atomic mass is 10.0. The van der Waals surface area contributed by atoms with E-state index < -0.39 is 10.0 Å². The molecule has 1 atom stereocenters. The fourth-order valence-corrected chi connectivity index (χ4v) is 5.57. The van der Waals surface area contributed by atoms with Crippen LogP contribution in [0.25, 0.3) is 0 Å². The average Bonchev–Trinajstić information content (AvgIpc) is 3.38. The van der Waals surface area contributed by atoms with Gasteiger partial charge < -0.3 is 4.90 Å². The molecule has 2 heterocycles. The first-order chi connectivity index (χ1) is 15.9. The van der Waals surface area contributed by atoms with Crippen molar-refractivity contribution in [3.05, 3.63) is 113 Å². The van der Waals surface area contributed by atoms with E-state index in [0.717, 1.165) is 28.2 Å². The predicted octanol–water partition coefficient (Wildman–Crippen LogP) is 4.73. The molecule has 8 heteroatoms. The van der Waals surface area contributed by atoms with Crippen molar-refractivity contribution in [3.63, 3.8) is 0 Å². The first-order valence-electron chi connectivity index (χ1n) is 10.3. The van der Waals surface area contributed by atoms with E-state index in [9.17, 15) is 13.2 Å². The molecule has 0 saturated heterocycles. The lowest BCUT2D eigenvalue weighted by Crippen LogP contribution is -2.33. The zero-order valence-corrected chi connectivity index (χ0v) is 19.6. The van der Waals surface area contributed by atoms with Crippen molar-refractivity contribution < 1.29 is 13.2 Å². The van der Waals surface area contributed by atoms with Gasteiger partial charge in [0, 0.05) is 18.9 Å². The van der Waals surface area contributed by atoms with E-state index in [2.05, 4.69) is 9.71 Å². The SMILES string of the molecule is CN(C(=O)Cc1ccc(NS(=O)(=O)c2cccs2)cc1)C(c1ccccc1)c1ccccn1. The largest absolute Gasteiger partial charge is 0.333 e. The van der Waals surface area contributed by atoms with Gasteiger partial charge >= 0.3 is 0 Å². The lowest BCUT2D eigenvalue weighted by Gasteiger charge is -2.28. The van der Waals surface area contributed by atoms with E-state index in [-0.39, 0.29) is 22.6 Å². The number of nitrogens with zero attached hydrogens (tertiary/aromatic N) is 2. The minimum absolute atomic E-state index is 0.0681. The number of anilines is 1. The van der Waals surface area contributed by atoms with Gasteiger partial charge in [-0.05, 0) is 46.8 Å². The third-order valence-corrected chi connectivity index (χ3v) is 7.96. The number of rotatable bonds is 8. The maximum atomic E-state index is 13.2. The van der Waals surface area contributed by atoms with Crippen molar-refractivity contribution in [2.75, 3.05) is 11.8 Å². The maximum Gasteiger partial charge on any atom is 0.271 e. The molecular formula is C25H23N3O3S2. The molecule has 0 aliphatic carbocycles. The molecule has 2 aromatic carbocycles. The summed E-state index contributed by atoms with van der Waals surface area (Å²) < 4.78 is 27.6. The molecule has 0 spiro atoms. The molecule has 1 amide bonds. The number of hydrogen-bond acceptors (Lipinski definition) is 5. The van der Waals surface area contributed by atoms with Crippen LogP contribution in [0, 0.1) is 0 Å². The number of thiophene rings is 1. The summed E-state index contributed by atoms with van der Waals surface area (Å²) >= 11 is 1.16. The monoisotopic (exact) mass is 477 g/mol. The Morgan fingerprint density at radius 3 is 2.33 bits per heavy atom. The molecule has 1 unspecified atom stereocenters. The number of pyridine rings is 1. The van der Waals surface area contributed by atoms with Crippen LogP contribution in [0.1, 0.15) is 22.9 Å². The van der Waals surface area contributed by atoms with Crippen LogP contribution in [0.15, 0.2) is 101 Å². The number of amides is 1. The third-order valence-electron chi connectivity index (χ3n) is 5.19. The molecule has 2 aromatic heterocycles. The normalized spacial score (nSPS) is 12.2. The van der Waals surface area contributed by atoms with Crippen molar-refractivity contribution in [3.8, 4) is 0 Å². The second-order valence-corrected chi connectivity index (χ2v) is 10.3. The summed E-state index contributed by atoms with van der Waals surface area (Å²) in [5, 5.41) is 1.72. The van der Waals surface area contributed by atoms with E-state index in [0.29, 0.717) is 5.69 Å². The minimum atomic E-state index is -3.61. The van der Waals surface area contributed by atoms with E-state index in [1.165, 1.54) is 0 Å². The van der Waals surface area contributed by atoms with Crippen molar-refractivity contribution in [2.24, 2.45) is 0 Å². The zero-order chi connectivity index (χ0) is 23.3. The topological polar surface area (TPSA) is 79.4 Å². The second kappa shape index (κ2) is 9.97. The summed E-state index contributed by atoms with van der Waals surface area (Å²) in [6, 6.07) is 25.3. The highest BCUT2D eigenvalue weighted by Gasteiger charge is 2.24. The number of sulfonamides is 1. The maximum absolute atomic E-state index is 13.2. The standard InChI is InChI=1S/C25H23N3O3S2/c1-28(25(20-8-3-2-4-9-20)22-10-5-6-16-26-22)23(29)18-19-12-14-21(15-13-19)27-33(30,31)24-11-7-17-32-24/h2-17,25,27H,18H2,1H3. The molecule has 4 rings (SSSR count). The van der Waals surface area contributed by atoms with Crippen LogP contribution in [0.3, 0.4) is 0 Å². The van der Waals surface area contributed by atoms with Gasteiger partial charge in [-0.2, -0.15) is 0 Å². The molecule has 4 aromatic rings. The van der Waals surface area contributed by atoms with E-state index in [1.54, 1.807) is 59.9 Å². The van der Waals surface area contributed by atoms with Gasteiger partial charge in [-0.1, -0.05) is 54.6 Å². The molecule has 0 aliphatic heterocycles. The Hall–Kier alpha value is -3.49. The molecule has 1 N–H and O–H groups in total. The van der Waals surface area contributed by atoms with Gasteiger partial charge in [0.15, 0.2) is 0 Å². The highest BCUT2D eigenvalue weighted by Crippen LogP contribution is 2.27. The average molecular weight is 478 g/mol. The number of benzene rings is 2. The van der Waals surface area contributed by atoms with Gasteiger partial charge in [-0.15, -0.1) is 11.3 Å². The summed E-state index contributed by atoms with van der Waals surface area (Å²) in [4.78, 5) is 19.3. The molecule has 0 bridgehead atoms. The number of likely N-dealkylation sites (N-methyl/N-ethyl adjacent to an activating group) is 1. The smallest absolute Gasteiger partial charge is 0.271 e. The Kier molecular flexibility index (Phi) is 6.86. The van der Waals surface area contributed by atoms with Gasteiger partial charge in [0.05, 0.1) is 18.2 Å².